The Hall–Kier alpha value is -3.35. The molecule has 0 spiro atoms. The minimum absolute atomic E-state index is 0.230. The second-order valence-corrected chi connectivity index (χ2v) is 10.5. The molecule has 3 aromatic rings. The van der Waals surface area contributed by atoms with E-state index in [0.717, 1.165) is 37.1 Å². The molecule has 202 valence electrons. The zero-order valence-electron chi connectivity index (χ0n) is 22.8. The molecule has 2 atom stereocenters. The number of aliphatic hydroxyl groups is 1. The number of aliphatic hydroxyl groups excluding tert-OH is 1. The third-order valence-electron chi connectivity index (χ3n) is 7.15. The van der Waals surface area contributed by atoms with E-state index in [1.807, 2.05) is 12.1 Å². The summed E-state index contributed by atoms with van der Waals surface area (Å²) in [6, 6.07) is 22.0. The van der Waals surface area contributed by atoms with E-state index in [0.29, 0.717) is 36.7 Å². The molecule has 0 aromatic heterocycles. The molecule has 0 radical (unpaired) electrons. The van der Waals surface area contributed by atoms with Gasteiger partial charge in [0.2, 0.25) is 0 Å². The maximum absolute atomic E-state index is 13.4. The molecule has 0 aliphatic carbocycles. The minimum Gasteiger partial charge on any atom is -0.497 e. The summed E-state index contributed by atoms with van der Waals surface area (Å²) in [7, 11) is 1.60. The van der Waals surface area contributed by atoms with E-state index in [2.05, 4.69) is 78.3 Å². The highest BCUT2D eigenvalue weighted by molar-refractivity contribution is 5.96. The summed E-state index contributed by atoms with van der Waals surface area (Å²) in [6.07, 6.45) is 2.86. The molecule has 0 fully saturated rings. The Morgan fingerprint density at radius 3 is 2.66 bits per heavy atom. The Kier molecular flexibility index (Phi) is 9.79. The average molecular weight is 516 g/mol. The lowest BCUT2D eigenvalue weighted by Gasteiger charge is -2.25. The Morgan fingerprint density at radius 2 is 1.84 bits per heavy atom. The van der Waals surface area contributed by atoms with Crippen LogP contribution in [0.1, 0.15) is 65.2 Å². The van der Waals surface area contributed by atoms with Crippen LogP contribution in [0.3, 0.4) is 0 Å². The molecule has 1 aliphatic heterocycles. The number of benzene rings is 3. The first-order valence-electron chi connectivity index (χ1n) is 13.7. The summed E-state index contributed by atoms with van der Waals surface area (Å²) < 4.78 is 5.45. The number of ether oxygens (including phenoxy) is 1. The van der Waals surface area contributed by atoms with Crippen LogP contribution in [0, 0.1) is 0 Å². The van der Waals surface area contributed by atoms with E-state index < -0.39 is 12.1 Å². The van der Waals surface area contributed by atoms with Crippen molar-refractivity contribution in [3.8, 4) is 5.75 Å². The highest BCUT2D eigenvalue weighted by Crippen LogP contribution is 2.22. The van der Waals surface area contributed by atoms with Crippen LogP contribution in [-0.2, 0) is 19.4 Å². The summed E-state index contributed by atoms with van der Waals surface area (Å²) in [4.78, 5) is 13.4. The van der Waals surface area contributed by atoms with Crippen LogP contribution < -0.4 is 20.7 Å². The van der Waals surface area contributed by atoms with Crippen LogP contribution in [0.25, 0.3) is 0 Å². The van der Waals surface area contributed by atoms with Crippen molar-refractivity contribution in [1.29, 1.82) is 0 Å². The van der Waals surface area contributed by atoms with Crippen LogP contribution in [0.4, 0.5) is 5.69 Å². The molecule has 1 amide bonds. The van der Waals surface area contributed by atoms with Crippen LogP contribution in [-0.4, -0.2) is 43.4 Å². The SMILES string of the molecule is COc1cc2cc(c1)C(=O)N[C@H]([C@H](O)CNCc1cccc(C(C)C)c1)Cc1cccc(c1)CCCCN2. The standard InChI is InChI=1S/C32H41N3O3/c1-22(2)26-12-7-11-25(15-26)20-33-21-31(36)30-16-24-10-6-9-23(14-24)8-4-5-13-34-28-17-27(32(37)35-30)18-29(19-28)38-3/h6-7,9-12,14-15,17-19,22,30-31,33-34,36H,4-5,8,13,16,20-21H2,1-3H3,(H,35,37)/t30-,31+/m0/s1. The van der Waals surface area contributed by atoms with Crippen molar-refractivity contribution >= 4 is 11.6 Å². The number of amides is 1. The fourth-order valence-corrected chi connectivity index (χ4v) is 4.91. The summed E-state index contributed by atoms with van der Waals surface area (Å²) in [5.41, 5.74) is 6.22. The lowest BCUT2D eigenvalue weighted by atomic mass is 9.97. The zero-order chi connectivity index (χ0) is 26.9. The van der Waals surface area contributed by atoms with Gasteiger partial charge in [0.1, 0.15) is 5.75 Å². The monoisotopic (exact) mass is 515 g/mol. The van der Waals surface area contributed by atoms with Crippen LogP contribution in [0.5, 0.6) is 5.75 Å². The number of anilines is 1. The number of methoxy groups -OCH3 is 1. The van der Waals surface area contributed by atoms with E-state index in [1.54, 1.807) is 13.2 Å². The van der Waals surface area contributed by atoms with Gasteiger partial charge in [-0.2, -0.15) is 0 Å². The molecule has 6 nitrogen and oxygen atoms in total. The van der Waals surface area contributed by atoms with Gasteiger partial charge >= 0.3 is 0 Å². The van der Waals surface area contributed by atoms with Crippen molar-refractivity contribution in [2.24, 2.45) is 0 Å². The van der Waals surface area contributed by atoms with Crippen molar-refractivity contribution in [2.45, 2.75) is 64.1 Å². The predicted octanol–water partition coefficient (Wildman–Crippen LogP) is 5.06. The number of rotatable bonds is 7. The third-order valence-corrected chi connectivity index (χ3v) is 7.15. The van der Waals surface area contributed by atoms with Crippen molar-refractivity contribution in [3.05, 3.63) is 94.5 Å². The molecule has 0 unspecified atom stereocenters. The van der Waals surface area contributed by atoms with Gasteiger partial charge in [-0.25, -0.2) is 0 Å². The average Bonchev–Trinajstić information content (AvgIpc) is 2.92. The van der Waals surface area contributed by atoms with Gasteiger partial charge in [-0.15, -0.1) is 0 Å². The molecule has 38 heavy (non-hydrogen) atoms. The number of carbonyl (C=O) groups is 1. The Labute approximate surface area is 226 Å². The summed E-state index contributed by atoms with van der Waals surface area (Å²) in [6.45, 7) is 6.20. The number of hydrogen-bond acceptors (Lipinski definition) is 5. The largest absolute Gasteiger partial charge is 0.497 e. The van der Waals surface area contributed by atoms with Crippen molar-refractivity contribution in [2.75, 3.05) is 25.5 Å². The highest BCUT2D eigenvalue weighted by atomic mass is 16.5. The molecule has 0 saturated carbocycles. The maximum Gasteiger partial charge on any atom is 0.251 e. The molecule has 1 heterocycles. The quantitative estimate of drug-likeness (QED) is 0.354. The van der Waals surface area contributed by atoms with E-state index in [9.17, 15) is 9.90 Å². The lowest BCUT2D eigenvalue weighted by Crippen LogP contribution is -2.48. The second-order valence-electron chi connectivity index (χ2n) is 10.5. The van der Waals surface area contributed by atoms with E-state index in [4.69, 9.17) is 4.74 Å². The van der Waals surface area contributed by atoms with Crippen LogP contribution in [0.15, 0.2) is 66.7 Å². The highest BCUT2D eigenvalue weighted by Gasteiger charge is 2.23. The minimum atomic E-state index is -0.769. The molecule has 6 heteroatoms. The molecule has 1 aliphatic rings. The number of carbonyl (C=O) groups excluding carboxylic acids is 1. The zero-order valence-corrected chi connectivity index (χ0v) is 22.8. The first-order valence-corrected chi connectivity index (χ1v) is 13.7. The van der Waals surface area contributed by atoms with E-state index in [-0.39, 0.29) is 5.91 Å². The summed E-state index contributed by atoms with van der Waals surface area (Å²) in [5.74, 6) is 0.859. The van der Waals surface area contributed by atoms with Crippen LogP contribution in [0.2, 0.25) is 0 Å². The smallest absolute Gasteiger partial charge is 0.251 e. The van der Waals surface area contributed by atoms with Gasteiger partial charge in [0.15, 0.2) is 0 Å². The molecule has 3 aromatic carbocycles. The van der Waals surface area contributed by atoms with Gasteiger partial charge in [-0.3, -0.25) is 4.79 Å². The second kappa shape index (κ2) is 13.4. The van der Waals surface area contributed by atoms with Gasteiger partial charge in [0, 0.05) is 37.0 Å². The molecule has 0 saturated heterocycles. The fraction of sp³-hybridized carbons (Fsp3) is 0.406. The number of fused-ring (bicyclic) bond motifs is 4. The normalized spacial score (nSPS) is 17.1. The van der Waals surface area contributed by atoms with E-state index in [1.165, 1.54) is 16.7 Å². The lowest BCUT2D eigenvalue weighted by molar-refractivity contribution is 0.0829. The summed E-state index contributed by atoms with van der Waals surface area (Å²) >= 11 is 0. The first-order chi connectivity index (χ1) is 18.4. The van der Waals surface area contributed by atoms with Gasteiger partial charge in [-0.05, 0) is 66.0 Å². The number of aryl methyl sites for hydroxylation is 1. The Balaban J connectivity index is 1.52. The van der Waals surface area contributed by atoms with Crippen molar-refractivity contribution < 1.29 is 14.6 Å². The van der Waals surface area contributed by atoms with Gasteiger partial charge in [0.05, 0.1) is 19.3 Å². The van der Waals surface area contributed by atoms with Crippen molar-refractivity contribution in [3.63, 3.8) is 0 Å². The fourth-order valence-electron chi connectivity index (χ4n) is 4.91. The van der Waals surface area contributed by atoms with Gasteiger partial charge in [-0.1, -0.05) is 62.4 Å². The molecular weight excluding hydrogens is 474 g/mol. The maximum atomic E-state index is 13.4. The van der Waals surface area contributed by atoms with E-state index >= 15 is 0 Å². The Bertz CT molecular complexity index is 1210. The van der Waals surface area contributed by atoms with Gasteiger partial charge in [0.25, 0.3) is 5.91 Å². The molecule has 4 N–H and O–H groups in total. The Morgan fingerprint density at radius 1 is 1.03 bits per heavy atom. The molecule has 4 bridgehead atoms. The van der Waals surface area contributed by atoms with Gasteiger partial charge < -0.3 is 25.8 Å². The third kappa shape index (κ3) is 7.83. The molecular formula is C32H41N3O3. The number of hydrogen-bond donors (Lipinski definition) is 4. The molecule has 4 rings (SSSR count). The number of nitrogens with one attached hydrogen (secondary N) is 3. The first kappa shape index (κ1) is 27.7. The van der Waals surface area contributed by atoms with Crippen LogP contribution >= 0.6 is 0 Å². The summed E-state index contributed by atoms with van der Waals surface area (Å²) in [5, 5.41) is 21.2. The van der Waals surface area contributed by atoms with Crippen molar-refractivity contribution in [1.82, 2.24) is 10.6 Å². The topological polar surface area (TPSA) is 82.6 Å². The predicted molar refractivity (Wildman–Crippen MR) is 154 cm³/mol.